The Kier molecular flexibility index (Phi) is 2.94. The summed E-state index contributed by atoms with van der Waals surface area (Å²) in [6, 6.07) is 2.02. The Labute approximate surface area is 103 Å². The molecule has 1 aliphatic rings. The fourth-order valence-electron chi connectivity index (χ4n) is 2.21. The fourth-order valence-corrected chi connectivity index (χ4v) is 2.21. The molecule has 17 heavy (non-hydrogen) atoms. The quantitative estimate of drug-likeness (QED) is 0.808. The van der Waals surface area contributed by atoms with Crippen LogP contribution in [0.3, 0.4) is 0 Å². The van der Waals surface area contributed by atoms with Crippen molar-refractivity contribution in [2.24, 2.45) is 0 Å². The molecule has 1 N–H and O–H groups in total. The van der Waals surface area contributed by atoms with Crippen LogP contribution in [0.4, 0.5) is 0 Å². The second-order valence-corrected chi connectivity index (χ2v) is 5.78. The minimum Gasteiger partial charge on any atom is -0.347 e. The van der Waals surface area contributed by atoms with E-state index in [1.165, 1.54) is 11.3 Å². The molecule has 1 aromatic heterocycles. The van der Waals surface area contributed by atoms with E-state index in [0.29, 0.717) is 0 Å². The minimum atomic E-state index is -0.206. The molecular formula is C14H20N2O. The summed E-state index contributed by atoms with van der Waals surface area (Å²) in [7, 11) is 0. The zero-order valence-electron chi connectivity index (χ0n) is 11.1. The predicted molar refractivity (Wildman–Crippen MR) is 68.2 cm³/mol. The minimum absolute atomic E-state index is 0.0165. The van der Waals surface area contributed by atoms with Gasteiger partial charge in [0.25, 0.3) is 5.91 Å². The van der Waals surface area contributed by atoms with Gasteiger partial charge < -0.3 is 5.32 Å². The van der Waals surface area contributed by atoms with Gasteiger partial charge in [-0.1, -0.05) is 0 Å². The maximum atomic E-state index is 12.1. The van der Waals surface area contributed by atoms with Gasteiger partial charge in [-0.2, -0.15) is 0 Å². The normalized spacial score (nSPS) is 14.6. The molecule has 0 saturated heterocycles. The molecular weight excluding hydrogens is 212 g/mol. The highest BCUT2D eigenvalue weighted by molar-refractivity contribution is 5.95. The lowest BCUT2D eigenvalue weighted by atomic mass is 10.1. The average Bonchev–Trinajstić information content (AvgIpc) is 2.60. The molecule has 0 unspecified atom stereocenters. The Morgan fingerprint density at radius 3 is 2.71 bits per heavy atom. The Bertz CT molecular complexity index is 458. The summed E-state index contributed by atoms with van der Waals surface area (Å²) in [5.74, 6) is -0.0165. The Hall–Kier alpha value is -1.38. The van der Waals surface area contributed by atoms with Gasteiger partial charge in [0, 0.05) is 11.2 Å². The van der Waals surface area contributed by atoms with Gasteiger partial charge in [-0.15, -0.1) is 0 Å². The van der Waals surface area contributed by atoms with Crippen molar-refractivity contribution in [3.63, 3.8) is 0 Å². The second kappa shape index (κ2) is 4.13. The molecule has 92 valence electrons. The first kappa shape index (κ1) is 12.1. The molecule has 0 saturated carbocycles. The standard InChI is InChI=1S/C14H20N2O/c1-9-11(13(17)16-14(2,3)4)8-10-6-5-7-12(10)15-9/h8H,5-7H2,1-4H3,(H,16,17). The van der Waals surface area contributed by atoms with Crippen LogP contribution in [-0.4, -0.2) is 16.4 Å². The first-order valence-corrected chi connectivity index (χ1v) is 6.19. The highest BCUT2D eigenvalue weighted by Crippen LogP contribution is 2.22. The topological polar surface area (TPSA) is 42.0 Å². The lowest BCUT2D eigenvalue weighted by Crippen LogP contribution is -2.41. The highest BCUT2D eigenvalue weighted by atomic mass is 16.1. The van der Waals surface area contributed by atoms with Crippen molar-refractivity contribution >= 4 is 5.91 Å². The first-order valence-electron chi connectivity index (χ1n) is 6.19. The van der Waals surface area contributed by atoms with Crippen LogP contribution in [0.2, 0.25) is 0 Å². The monoisotopic (exact) mass is 232 g/mol. The third kappa shape index (κ3) is 2.65. The van der Waals surface area contributed by atoms with Crippen molar-refractivity contribution in [2.75, 3.05) is 0 Å². The van der Waals surface area contributed by atoms with E-state index in [9.17, 15) is 4.79 Å². The first-order chi connectivity index (χ1) is 7.87. The number of pyridine rings is 1. The van der Waals surface area contributed by atoms with Crippen molar-refractivity contribution < 1.29 is 4.79 Å². The van der Waals surface area contributed by atoms with Crippen molar-refractivity contribution in [1.82, 2.24) is 10.3 Å². The number of nitrogens with one attached hydrogen (secondary N) is 1. The molecule has 3 nitrogen and oxygen atoms in total. The van der Waals surface area contributed by atoms with Crippen LogP contribution in [-0.2, 0) is 12.8 Å². The van der Waals surface area contributed by atoms with E-state index in [1.54, 1.807) is 0 Å². The number of aromatic nitrogens is 1. The van der Waals surface area contributed by atoms with E-state index in [0.717, 1.165) is 30.5 Å². The van der Waals surface area contributed by atoms with E-state index >= 15 is 0 Å². The van der Waals surface area contributed by atoms with Crippen LogP contribution >= 0.6 is 0 Å². The van der Waals surface area contributed by atoms with Gasteiger partial charge in [0.05, 0.1) is 11.3 Å². The molecule has 0 bridgehead atoms. The number of hydrogen-bond acceptors (Lipinski definition) is 2. The van der Waals surface area contributed by atoms with Crippen molar-refractivity contribution in [3.05, 3.63) is 28.6 Å². The Morgan fingerprint density at radius 2 is 2.06 bits per heavy atom. The summed E-state index contributed by atoms with van der Waals surface area (Å²) in [5, 5.41) is 2.99. The van der Waals surface area contributed by atoms with Crippen LogP contribution in [0.15, 0.2) is 6.07 Å². The van der Waals surface area contributed by atoms with Crippen molar-refractivity contribution in [3.8, 4) is 0 Å². The van der Waals surface area contributed by atoms with Gasteiger partial charge >= 0.3 is 0 Å². The molecule has 0 aromatic carbocycles. The van der Waals surface area contributed by atoms with E-state index in [1.807, 2.05) is 33.8 Å². The summed E-state index contributed by atoms with van der Waals surface area (Å²) in [4.78, 5) is 16.7. The van der Waals surface area contributed by atoms with Gasteiger partial charge in [-0.3, -0.25) is 9.78 Å². The molecule has 1 amide bonds. The number of carbonyl (C=O) groups is 1. The molecule has 2 rings (SSSR count). The number of hydrogen-bond donors (Lipinski definition) is 1. The van der Waals surface area contributed by atoms with Gasteiger partial charge in [-0.05, 0) is 58.6 Å². The molecule has 0 fully saturated rings. The maximum absolute atomic E-state index is 12.1. The Morgan fingerprint density at radius 1 is 1.35 bits per heavy atom. The van der Waals surface area contributed by atoms with E-state index in [2.05, 4.69) is 10.3 Å². The Balaban J connectivity index is 2.30. The number of aryl methyl sites for hydroxylation is 3. The summed E-state index contributed by atoms with van der Waals surface area (Å²) >= 11 is 0. The number of nitrogens with zero attached hydrogens (tertiary/aromatic N) is 1. The molecule has 1 aromatic rings. The molecule has 3 heteroatoms. The van der Waals surface area contributed by atoms with Crippen LogP contribution in [0, 0.1) is 6.92 Å². The van der Waals surface area contributed by atoms with Crippen molar-refractivity contribution in [2.45, 2.75) is 52.5 Å². The summed E-state index contributed by atoms with van der Waals surface area (Å²) in [6.45, 7) is 7.87. The molecule has 0 spiro atoms. The fraction of sp³-hybridized carbons (Fsp3) is 0.571. The average molecular weight is 232 g/mol. The third-order valence-corrected chi connectivity index (χ3v) is 2.97. The van der Waals surface area contributed by atoms with Crippen LogP contribution in [0.5, 0.6) is 0 Å². The van der Waals surface area contributed by atoms with Gasteiger partial charge in [-0.25, -0.2) is 0 Å². The molecule has 0 aliphatic heterocycles. The number of carbonyl (C=O) groups excluding carboxylic acids is 1. The third-order valence-electron chi connectivity index (χ3n) is 2.97. The lowest BCUT2D eigenvalue weighted by Gasteiger charge is -2.21. The maximum Gasteiger partial charge on any atom is 0.253 e. The highest BCUT2D eigenvalue weighted by Gasteiger charge is 2.21. The molecule has 0 radical (unpaired) electrons. The van der Waals surface area contributed by atoms with Gasteiger partial charge in [0.1, 0.15) is 0 Å². The SMILES string of the molecule is Cc1nc2c(cc1C(=O)NC(C)(C)C)CCC2. The number of fused-ring (bicyclic) bond motifs is 1. The second-order valence-electron chi connectivity index (χ2n) is 5.78. The molecule has 1 heterocycles. The molecule has 0 atom stereocenters. The van der Waals surface area contributed by atoms with Crippen LogP contribution in [0.1, 0.15) is 54.5 Å². The van der Waals surface area contributed by atoms with Gasteiger partial charge in [0.15, 0.2) is 0 Å². The predicted octanol–water partition coefficient (Wildman–Crippen LogP) is 2.41. The lowest BCUT2D eigenvalue weighted by molar-refractivity contribution is 0.0918. The number of amides is 1. The van der Waals surface area contributed by atoms with Crippen molar-refractivity contribution in [1.29, 1.82) is 0 Å². The largest absolute Gasteiger partial charge is 0.347 e. The van der Waals surface area contributed by atoms with E-state index < -0.39 is 0 Å². The van der Waals surface area contributed by atoms with Gasteiger partial charge in [0.2, 0.25) is 0 Å². The number of rotatable bonds is 1. The zero-order chi connectivity index (χ0) is 12.6. The summed E-state index contributed by atoms with van der Waals surface area (Å²) < 4.78 is 0. The smallest absolute Gasteiger partial charge is 0.253 e. The summed E-state index contributed by atoms with van der Waals surface area (Å²) in [5.41, 5.74) is 3.78. The molecule has 1 aliphatic carbocycles. The van der Waals surface area contributed by atoms with E-state index in [-0.39, 0.29) is 11.4 Å². The zero-order valence-corrected chi connectivity index (χ0v) is 11.1. The van der Waals surface area contributed by atoms with Crippen LogP contribution < -0.4 is 5.32 Å². The van der Waals surface area contributed by atoms with Crippen LogP contribution in [0.25, 0.3) is 0 Å². The summed E-state index contributed by atoms with van der Waals surface area (Å²) in [6.07, 6.45) is 3.27. The van der Waals surface area contributed by atoms with E-state index in [4.69, 9.17) is 0 Å².